The Kier molecular flexibility index (Phi) is 4.88. The van der Waals surface area contributed by atoms with Gasteiger partial charge in [-0.2, -0.15) is 0 Å². The molecule has 1 amide bonds. The molecule has 3 N–H and O–H groups in total. The first-order valence-corrected chi connectivity index (χ1v) is 7.72. The number of hydrogen-bond acceptors (Lipinski definition) is 3. The monoisotopic (exact) mass is 290 g/mol. The SMILES string of the molecule is CNC1(C(N)=O)CCCC(Oc2cccc(C(C)C)c2)C1. The summed E-state index contributed by atoms with van der Waals surface area (Å²) in [7, 11) is 1.80. The van der Waals surface area contributed by atoms with E-state index in [1.54, 1.807) is 7.05 Å². The predicted molar refractivity (Wildman–Crippen MR) is 84.4 cm³/mol. The van der Waals surface area contributed by atoms with Gasteiger partial charge in [-0.05, 0) is 49.9 Å². The fourth-order valence-electron chi connectivity index (χ4n) is 3.04. The molecule has 4 nitrogen and oxygen atoms in total. The second kappa shape index (κ2) is 6.48. The molecule has 0 bridgehead atoms. The Hall–Kier alpha value is -1.55. The Morgan fingerprint density at radius 1 is 1.48 bits per heavy atom. The molecule has 1 aromatic rings. The van der Waals surface area contributed by atoms with E-state index in [-0.39, 0.29) is 12.0 Å². The highest BCUT2D eigenvalue weighted by Crippen LogP contribution is 2.31. The Morgan fingerprint density at radius 2 is 2.24 bits per heavy atom. The molecule has 2 rings (SSSR count). The third kappa shape index (κ3) is 3.56. The summed E-state index contributed by atoms with van der Waals surface area (Å²) in [5.41, 5.74) is 6.21. The second-order valence-corrected chi connectivity index (χ2v) is 6.26. The van der Waals surface area contributed by atoms with Crippen LogP contribution in [0.5, 0.6) is 5.75 Å². The number of rotatable bonds is 5. The molecule has 0 aliphatic heterocycles. The van der Waals surface area contributed by atoms with E-state index < -0.39 is 5.54 Å². The summed E-state index contributed by atoms with van der Waals surface area (Å²) >= 11 is 0. The highest BCUT2D eigenvalue weighted by molar-refractivity contribution is 5.84. The summed E-state index contributed by atoms with van der Waals surface area (Å²) < 4.78 is 6.11. The number of carbonyl (C=O) groups excluding carboxylic acids is 1. The van der Waals surface area contributed by atoms with Gasteiger partial charge in [0.1, 0.15) is 17.4 Å². The predicted octanol–water partition coefficient (Wildman–Crippen LogP) is 2.57. The van der Waals surface area contributed by atoms with E-state index in [0.29, 0.717) is 12.3 Å². The minimum absolute atomic E-state index is 0.0288. The first-order chi connectivity index (χ1) is 9.97. The first kappa shape index (κ1) is 15.8. The number of benzene rings is 1. The molecule has 21 heavy (non-hydrogen) atoms. The molecule has 1 aliphatic rings. The maximum atomic E-state index is 11.8. The molecular formula is C17H26N2O2. The van der Waals surface area contributed by atoms with E-state index in [0.717, 1.165) is 25.0 Å². The van der Waals surface area contributed by atoms with Crippen LogP contribution in [0.2, 0.25) is 0 Å². The molecule has 4 heteroatoms. The summed E-state index contributed by atoms with van der Waals surface area (Å²) in [5, 5.41) is 3.11. The molecule has 2 unspecified atom stereocenters. The van der Waals surface area contributed by atoms with E-state index in [1.807, 2.05) is 12.1 Å². The highest BCUT2D eigenvalue weighted by Gasteiger charge is 2.40. The maximum Gasteiger partial charge on any atom is 0.237 e. The standard InChI is InChI=1S/C17H26N2O2/c1-12(2)13-6-4-7-14(10-13)21-15-8-5-9-17(11-15,19-3)16(18)20/h4,6-7,10,12,15,19H,5,8-9,11H2,1-3H3,(H2,18,20). The van der Waals surface area contributed by atoms with Gasteiger partial charge >= 0.3 is 0 Å². The third-order valence-electron chi connectivity index (χ3n) is 4.48. The van der Waals surface area contributed by atoms with Crippen LogP contribution in [0.1, 0.15) is 51.0 Å². The zero-order valence-electron chi connectivity index (χ0n) is 13.2. The molecule has 1 aromatic carbocycles. The van der Waals surface area contributed by atoms with Crippen molar-refractivity contribution >= 4 is 5.91 Å². The summed E-state index contributed by atoms with van der Waals surface area (Å²) in [6.07, 6.45) is 3.34. The van der Waals surface area contributed by atoms with Crippen LogP contribution >= 0.6 is 0 Å². The number of carbonyl (C=O) groups is 1. The van der Waals surface area contributed by atoms with Gasteiger partial charge in [0.25, 0.3) is 0 Å². The Balaban J connectivity index is 2.09. The van der Waals surface area contributed by atoms with Gasteiger partial charge in [0, 0.05) is 6.42 Å². The van der Waals surface area contributed by atoms with Crippen molar-refractivity contribution in [2.45, 2.75) is 57.1 Å². The average molecular weight is 290 g/mol. The zero-order chi connectivity index (χ0) is 15.5. The van der Waals surface area contributed by atoms with Gasteiger partial charge in [-0.3, -0.25) is 4.79 Å². The fraction of sp³-hybridized carbons (Fsp3) is 0.588. The Morgan fingerprint density at radius 3 is 2.86 bits per heavy atom. The van der Waals surface area contributed by atoms with Crippen LogP contribution in [0.15, 0.2) is 24.3 Å². The maximum absolute atomic E-state index is 11.8. The molecule has 1 aliphatic carbocycles. The van der Waals surface area contributed by atoms with Crippen molar-refractivity contribution < 1.29 is 9.53 Å². The molecule has 0 aromatic heterocycles. The van der Waals surface area contributed by atoms with Crippen molar-refractivity contribution in [1.29, 1.82) is 0 Å². The van der Waals surface area contributed by atoms with Crippen LogP contribution in [0.25, 0.3) is 0 Å². The lowest BCUT2D eigenvalue weighted by atomic mass is 9.79. The Bertz CT molecular complexity index is 501. The topological polar surface area (TPSA) is 64.3 Å². The summed E-state index contributed by atoms with van der Waals surface area (Å²) in [6, 6.07) is 8.20. The summed E-state index contributed by atoms with van der Waals surface area (Å²) in [5.74, 6) is 1.07. The molecule has 0 radical (unpaired) electrons. The molecule has 0 spiro atoms. The molecular weight excluding hydrogens is 264 g/mol. The van der Waals surface area contributed by atoms with Crippen molar-refractivity contribution in [3.63, 3.8) is 0 Å². The first-order valence-electron chi connectivity index (χ1n) is 7.72. The van der Waals surface area contributed by atoms with Gasteiger partial charge in [0.05, 0.1) is 0 Å². The number of nitrogens with two attached hydrogens (primary N) is 1. The van der Waals surface area contributed by atoms with Crippen molar-refractivity contribution in [3.05, 3.63) is 29.8 Å². The molecule has 1 fully saturated rings. The van der Waals surface area contributed by atoms with Gasteiger partial charge in [0.2, 0.25) is 5.91 Å². The van der Waals surface area contributed by atoms with Crippen LogP contribution in [-0.4, -0.2) is 24.6 Å². The minimum Gasteiger partial charge on any atom is -0.490 e. The van der Waals surface area contributed by atoms with Gasteiger partial charge in [-0.15, -0.1) is 0 Å². The lowest BCUT2D eigenvalue weighted by Crippen LogP contribution is -2.58. The van der Waals surface area contributed by atoms with E-state index in [4.69, 9.17) is 10.5 Å². The Labute approximate surface area is 127 Å². The summed E-state index contributed by atoms with van der Waals surface area (Å²) in [6.45, 7) is 4.33. The smallest absolute Gasteiger partial charge is 0.237 e. The molecule has 0 saturated heterocycles. The van der Waals surface area contributed by atoms with E-state index in [9.17, 15) is 4.79 Å². The lowest BCUT2D eigenvalue weighted by molar-refractivity contribution is -0.126. The van der Waals surface area contributed by atoms with Crippen LogP contribution in [0, 0.1) is 0 Å². The normalized spacial score (nSPS) is 25.8. The largest absolute Gasteiger partial charge is 0.490 e. The van der Waals surface area contributed by atoms with E-state index >= 15 is 0 Å². The summed E-state index contributed by atoms with van der Waals surface area (Å²) in [4.78, 5) is 11.8. The number of primary amides is 1. The fourth-order valence-corrected chi connectivity index (χ4v) is 3.04. The van der Waals surface area contributed by atoms with Crippen molar-refractivity contribution in [1.82, 2.24) is 5.32 Å². The molecule has 2 atom stereocenters. The van der Waals surface area contributed by atoms with E-state index in [1.165, 1.54) is 5.56 Å². The van der Waals surface area contributed by atoms with Gasteiger partial charge in [-0.25, -0.2) is 0 Å². The number of ether oxygens (including phenoxy) is 1. The van der Waals surface area contributed by atoms with Gasteiger partial charge < -0.3 is 15.8 Å². The number of hydrogen-bond donors (Lipinski definition) is 2. The van der Waals surface area contributed by atoms with Crippen LogP contribution in [-0.2, 0) is 4.79 Å². The van der Waals surface area contributed by atoms with Crippen molar-refractivity contribution in [3.8, 4) is 5.75 Å². The van der Waals surface area contributed by atoms with Gasteiger partial charge in [0.15, 0.2) is 0 Å². The number of likely N-dealkylation sites (N-methyl/N-ethyl adjacent to an activating group) is 1. The molecule has 0 heterocycles. The van der Waals surface area contributed by atoms with Crippen LogP contribution in [0.4, 0.5) is 0 Å². The number of amides is 1. The van der Waals surface area contributed by atoms with Crippen molar-refractivity contribution in [2.24, 2.45) is 5.73 Å². The molecule has 116 valence electrons. The third-order valence-corrected chi connectivity index (χ3v) is 4.48. The van der Waals surface area contributed by atoms with Crippen LogP contribution < -0.4 is 15.8 Å². The van der Waals surface area contributed by atoms with E-state index in [2.05, 4.69) is 31.3 Å². The molecule has 1 saturated carbocycles. The quantitative estimate of drug-likeness (QED) is 0.876. The van der Waals surface area contributed by atoms with Gasteiger partial charge in [-0.1, -0.05) is 26.0 Å². The zero-order valence-corrected chi connectivity index (χ0v) is 13.2. The minimum atomic E-state index is -0.626. The number of nitrogens with one attached hydrogen (secondary N) is 1. The lowest BCUT2D eigenvalue weighted by Gasteiger charge is -2.38. The highest BCUT2D eigenvalue weighted by atomic mass is 16.5. The second-order valence-electron chi connectivity index (χ2n) is 6.26. The average Bonchev–Trinajstić information content (AvgIpc) is 2.47. The van der Waals surface area contributed by atoms with Crippen molar-refractivity contribution in [2.75, 3.05) is 7.05 Å². The van der Waals surface area contributed by atoms with Crippen LogP contribution in [0.3, 0.4) is 0 Å².